The minimum atomic E-state index is 0. The molecule has 2 aliphatic rings. The van der Waals surface area contributed by atoms with Gasteiger partial charge in [0.1, 0.15) is 0 Å². The fourth-order valence-corrected chi connectivity index (χ4v) is 5.08. The van der Waals surface area contributed by atoms with Crippen LogP contribution in [0.2, 0.25) is 0 Å². The van der Waals surface area contributed by atoms with Gasteiger partial charge in [0.15, 0.2) is 5.96 Å². The van der Waals surface area contributed by atoms with Gasteiger partial charge in [-0.2, -0.15) is 11.8 Å². The fourth-order valence-electron chi connectivity index (χ4n) is 3.88. The maximum absolute atomic E-state index is 4.33. The summed E-state index contributed by atoms with van der Waals surface area (Å²) in [5.41, 5.74) is 0. The fraction of sp³-hybridized carbons (Fsp3) is 0.944. The van der Waals surface area contributed by atoms with E-state index in [9.17, 15) is 0 Å². The summed E-state index contributed by atoms with van der Waals surface area (Å²) in [6.07, 6.45) is 6.62. The Bertz CT molecular complexity index is 351. The lowest BCUT2D eigenvalue weighted by Gasteiger charge is -2.34. The van der Waals surface area contributed by atoms with Gasteiger partial charge in [-0.3, -0.25) is 4.99 Å². The second-order valence-corrected chi connectivity index (χ2v) is 8.84. The van der Waals surface area contributed by atoms with Crippen LogP contribution >= 0.6 is 35.7 Å². The van der Waals surface area contributed by atoms with Crippen LogP contribution in [0, 0.1) is 11.8 Å². The van der Waals surface area contributed by atoms with E-state index in [0.29, 0.717) is 0 Å². The van der Waals surface area contributed by atoms with Crippen LogP contribution in [-0.4, -0.2) is 61.6 Å². The highest BCUT2D eigenvalue weighted by Crippen LogP contribution is 2.25. The zero-order chi connectivity index (χ0) is 16.5. The minimum Gasteiger partial charge on any atom is -0.356 e. The van der Waals surface area contributed by atoms with E-state index in [2.05, 4.69) is 46.1 Å². The number of nitrogens with one attached hydrogen (secondary N) is 2. The molecule has 2 heterocycles. The first-order chi connectivity index (χ1) is 11.2. The molecule has 0 aromatic carbocycles. The number of hydrogen-bond donors (Lipinski definition) is 2. The molecule has 4 nitrogen and oxygen atoms in total. The third-order valence-corrected chi connectivity index (χ3v) is 6.28. The monoisotopic (exact) mass is 468 g/mol. The van der Waals surface area contributed by atoms with Gasteiger partial charge in [-0.25, -0.2) is 0 Å². The molecule has 2 saturated heterocycles. The quantitative estimate of drug-likeness (QED) is 0.260. The number of rotatable bonds is 7. The van der Waals surface area contributed by atoms with Gasteiger partial charge in [0.25, 0.3) is 0 Å². The molecule has 2 aliphatic heterocycles. The van der Waals surface area contributed by atoms with Crippen molar-refractivity contribution >= 4 is 41.7 Å². The molecule has 24 heavy (non-hydrogen) atoms. The number of unbranched alkanes of at least 4 members (excludes halogenated alkanes) is 1. The zero-order valence-electron chi connectivity index (χ0n) is 15.7. The molecular formula is C18H37IN4S. The number of aliphatic imine (C=N–C) groups is 1. The Morgan fingerprint density at radius 3 is 2.54 bits per heavy atom. The minimum absolute atomic E-state index is 0. The van der Waals surface area contributed by atoms with Gasteiger partial charge in [-0.1, -0.05) is 13.8 Å². The van der Waals surface area contributed by atoms with Gasteiger partial charge >= 0.3 is 0 Å². The topological polar surface area (TPSA) is 39.7 Å². The lowest BCUT2D eigenvalue weighted by Crippen LogP contribution is -2.41. The standard InChI is InChI=1S/C18H36N4S.HI/c1-15-11-16(2)14-22(13-15)9-5-4-8-20-18(19-3)21-12-17-7-6-10-23-17;/h15-17H,4-14H2,1-3H3,(H2,19,20,21);1H. The van der Waals surface area contributed by atoms with Crippen molar-refractivity contribution in [2.24, 2.45) is 16.8 Å². The van der Waals surface area contributed by atoms with Gasteiger partial charge in [-0.05, 0) is 56.2 Å². The Morgan fingerprint density at radius 2 is 1.92 bits per heavy atom. The Kier molecular flexibility index (Phi) is 11.8. The van der Waals surface area contributed by atoms with E-state index in [0.717, 1.165) is 36.1 Å². The molecule has 2 fully saturated rings. The summed E-state index contributed by atoms with van der Waals surface area (Å²) >= 11 is 2.09. The molecular weight excluding hydrogens is 431 g/mol. The normalized spacial score (nSPS) is 28.5. The van der Waals surface area contributed by atoms with Crippen molar-refractivity contribution in [2.45, 2.75) is 51.2 Å². The van der Waals surface area contributed by atoms with Crippen LogP contribution in [0.4, 0.5) is 0 Å². The molecule has 0 aromatic rings. The van der Waals surface area contributed by atoms with E-state index >= 15 is 0 Å². The highest BCUT2D eigenvalue weighted by molar-refractivity contribution is 14.0. The molecule has 0 bridgehead atoms. The average molecular weight is 468 g/mol. The van der Waals surface area contributed by atoms with E-state index in [1.54, 1.807) is 0 Å². The Balaban J connectivity index is 0.00000288. The molecule has 0 radical (unpaired) electrons. The summed E-state index contributed by atoms with van der Waals surface area (Å²) in [5.74, 6) is 4.03. The van der Waals surface area contributed by atoms with Crippen LogP contribution in [0.25, 0.3) is 0 Å². The number of likely N-dealkylation sites (tertiary alicyclic amines) is 1. The van der Waals surface area contributed by atoms with Crippen molar-refractivity contribution in [3.63, 3.8) is 0 Å². The summed E-state index contributed by atoms with van der Waals surface area (Å²) in [6, 6.07) is 0. The number of piperidine rings is 1. The van der Waals surface area contributed by atoms with E-state index in [-0.39, 0.29) is 24.0 Å². The van der Waals surface area contributed by atoms with Crippen LogP contribution in [0.3, 0.4) is 0 Å². The highest BCUT2D eigenvalue weighted by Gasteiger charge is 2.21. The number of thioether (sulfide) groups is 1. The first kappa shape index (κ1) is 22.4. The zero-order valence-corrected chi connectivity index (χ0v) is 18.9. The number of hydrogen-bond acceptors (Lipinski definition) is 3. The third kappa shape index (κ3) is 8.61. The predicted molar refractivity (Wildman–Crippen MR) is 119 cm³/mol. The first-order valence-electron chi connectivity index (χ1n) is 9.46. The Hall–Kier alpha value is 0.310. The summed E-state index contributed by atoms with van der Waals surface area (Å²) in [4.78, 5) is 6.99. The molecule has 3 atom stereocenters. The maximum atomic E-state index is 4.33. The van der Waals surface area contributed by atoms with Crippen LogP contribution in [0.5, 0.6) is 0 Å². The second-order valence-electron chi connectivity index (χ2n) is 7.43. The number of nitrogens with zero attached hydrogens (tertiary/aromatic N) is 2. The van der Waals surface area contributed by atoms with Crippen molar-refractivity contribution in [1.82, 2.24) is 15.5 Å². The van der Waals surface area contributed by atoms with E-state index < -0.39 is 0 Å². The first-order valence-corrected chi connectivity index (χ1v) is 10.5. The summed E-state index contributed by atoms with van der Waals surface area (Å²) < 4.78 is 0. The summed E-state index contributed by atoms with van der Waals surface area (Å²) in [7, 11) is 1.87. The van der Waals surface area contributed by atoms with Crippen molar-refractivity contribution in [1.29, 1.82) is 0 Å². The lowest BCUT2D eigenvalue weighted by molar-refractivity contribution is 0.139. The Morgan fingerprint density at radius 1 is 1.17 bits per heavy atom. The van der Waals surface area contributed by atoms with Crippen molar-refractivity contribution in [3.8, 4) is 0 Å². The van der Waals surface area contributed by atoms with E-state index in [1.165, 1.54) is 57.5 Å². The average Bonchev–Trinajstić information content (AvgIpc) is 3.02. The number of guanidine groups is 1. The molecule has 0 aromatic heterocycles. The predicted octanol–water partition coefficient (Wildman–Crippen LogP) is 3.42. The lowest BCUT2D eigenvalue weighted by atomic mass is 9.92. The Labute approximate surface area is 170 Å². The SMILES string of the molecule is CN=C(NCCCCN1CC(C)CC(C)C1)NCC1CCCS1.I. The molecule has 2 N–H and O–H groups in total. The highest BCUT2D eigenvalue weighted by atomic mass is 127. The maximum Gasteiger partial charge on any atom is 0.191 e. The van der Waals surface area contributed by atoms with Crippen LogP contribution in [0.1, 0.15) is 46.0 Å². The summed E-state index contributed by atoms with van der Waals surface area (Å²) in [6.45, 7) is 10.7. The van der Waals surface area contributed by atoms with Crippen LogP contribution < -0.4 is 10.6 Å². The second kappa shape index (κ2) is 12.6. The van der Waals surface area contributed by atoms with Gasteiger partial charge < -0.3 is 15.5 Å². The molecule has 2 rings (SSSR count). The van der Waals surface area contributed by atoms with Gasteiger partial charge in [0, 0.05) is 38.5 Å². The van der Waals surface area contributed by atoms with Gasteiger partial charge in [-0.15, -0.1) is 24.0 Å². The third-order valence-electron chi connectivity index (χ3n) is 4.88. The number of halogens is 1. The molecule has 142 valence electrons. The van der Waals surface area contributed by atoms with Crippen LogP contribution in [0.15, 0.2) is 4.99 Å². The molecule has 0 aliphatic carbocycles. The molecule has 3 unspecified atom stereocenters. The molecule has 0 amide bonds. The molecule has 0 saturated carbocycles. The van der Waals surface area contributed by atoms with E-state index in [1.807, 2.05) is 7.05 Å². The van der Waals surface area contributed by atoms with Gasteiger partial charge in [0.2, 0.25) is 0 Å². The smallest absolute Gasteiger partial charge is 0.191 e. The van der Waals surface area contributed by atoms with Crippen molar-refractivity contribution in [2.75, 3.05) is 45.5 Å². The molecule has 0 spiro atoms. The summed E-state index contributed by atoms with van der Waals surface area (Å²) in [5, 5.41) is 7.71. The molecule has 6 heteroatoms. The van der Waals surface area contributed by atoms with Gasteiger partial charge in [0.05, 0.1) is 0 Å². The largest absolute Gasteiger partial charge is 0.356 e. The van der Waals surface area contributed by atoms with Crippen LogP contribution in [-0.2, 0) is 0 Å². The van der Waals surface area contributed by atoms with Crippen molar-refractivity contribution < 1.29 is 0 Å². The van der Waals surface area contributed by atoms with Crippen molar-refractivity contribution in [3.05, 3.63) is 0 Å². The van der Waals surface area contributed by atoms with E-state index in [4.69, 9.17) is 0 Å².